The van der Waals surface area contributed by atoms with E-state index in [-0.39, 0.29) is 6.29 Å². The minimum absolute atomic E-state index is 0.0288. The van der Waals surface area contributed by atoms with Crippen molar-refractivity contribution in [3.8, 4) is 0 Å². The van der Waals surface area contributed by atoms with Gasteiger partial charge in [-0.15, -0.1) is 0 Å². The van der Waals surface area contributed by atoms with Crippen LogP contribution < -0.4 is 0 Å². The van der Waals surface area contributed by atoms with E-state index in [2.05, 4.69) is 0 Å². The Bertz CT molecular complexity index is 224. The smallest absolute Gasteiger partial charge is 0.158 e. The molecule has 1 saturated heterocycles. The molecule has 0 aromatic carbocycles. The quantitative estimate of drug-likeness (QED) is 0.719. The van der Waals surface area contributed by atoms with Crippen LogP contribution in [0.25, 0.3) is 0 Å². The number of hydrogen-bond acceptors (Lipinski definition) is 3. The van der Waals surface area contributed by atoms with Crippen LogP contribution in [0, 0.1) is 0 Å². The molecule has 1 aliphatic rings. The fraction of sp³-hybridized carbons (Fsp3) is 0.600. The average Bonchev–Trinajstić information content (AvgIpc) is 2.69. The molecule has 1 aliphatic heterocycles. The van der Waals surface area contributed by atoms with Crippen molar-refractivity contribution in [2.75, 3.05) is 6.61 Å². The summed E-state index contributed by atoms with van der Waals surface area (Å²) in [6.45, 7) is 1.33. The molecule has 0 bridgehead atoms. The lowest BCUT2D eigenvalue weighted by molar-refractivity contribution is -0.171. The molecular formula is C10H14O3. The van der Waals surface area contributed by atoms with Gasteiger partial charge in [-0.2, -0.15) is 0 Å². The SMILES string of the molecule is c1coc(CO[C@@H]2CCCCO2)c1. The Labute approximate surface area is 77.6 Å². The fourth-order valence-corrected chi connectivity index (χ4v) is 1.41. The number of furan rings is 1. The summed E-state index contributed by atoms with van der Waals surface area (Å²) in [5.41, 5.74) is 0. The molecule has 2 heterocycles. The second-order valence-corrected chi connectivity index (χ2v) is 3.19. The van der Waals surface area contributed by atoms with Crippen LogP contribution in [0.3, 0.4) is 0 Å². The maximum atomic E-state index is 5.51. The molecule has 72 valence electrons. The van der Waals surface area contributed by atoms with Gasteiger partial charge in [0.1, 0.15) is 12.4 Å². The van der Waals surface area contributed by atoms with Crippen LogP contribution in [0.4, 0.5) is 0 Å². The minimum Gasteiger partial charge on any atom is -0.467 e. The molecule has 2 rings (SSSR count). The van der Waals surface area contributed by atoms with Gasteiger partial charge in [0.25, 0.3) is 0 Å². The third-order valence-electron chi connectivity index (χ3n) is 2.13. The highest BCUT2D eigenvalue weighted by atomic mass is 16.7. The Hall–Kier alpha value is -0.800. The summed E-state index contributed by atoms with van der Waals surface area (Å²) in [6, 6.07) is 3.77. The van der Waals surface area contributed by atoms with Crippen LogP contribution in [0.2, 0.25) is 0 Å². The second kappa shape index (κ2) is 4.44. The lowest BCUT2D eigenvalue weighted by Crippen LogP contribution is -2.21. The molecule has 0 amide bonds. The molecule has 3 heteroatoms. The Balaban J connectivity index is 1.72. The van der Waals surface area contributed by atoms with Gasteiger partial charge in [0.05, 0.1) is 6.26 Å². The third kappa shape index (κ3) is 2.57. The van der Waals surface area contributed by atoms with Crippen LogP contribution in [-0.4, -0.2) is 12.9 Å². The van der Waals surface area contributed by atoms with Crippen LogP contribution in [0.5, 0.6) is 0 Å². The van der Waals surface area contributed by atoms with Crippen molar-refractivity contribution in [1.82, 2.24) is 0 Å². The predicted octanol–water partition coefficient (Wildman–Crippen LogP) is 2.32. The maximum Gasteiger partial charge on any atom is 0.158 e. The van der Waals surface area contributed by atoms with E-state index in [4.69, 9.17) is 13.9 Å². The largest absolute Gasteiger partial charge is 0.467 e. The van der Waals surface area contributed by atoms with E-state index in [1.54, 1.807) is 6.26 Å². The summed E-state index contributed by atoms with van der Waals surface area (Å²) in [7, 11) is 0. The van der Waals surface area contributed by atoms with Gasteiger partial charge in [-0.1, -0.05) is 0 Å². The highest BCUT2D eigenvalue weighted by Crippen LogP contribution is 2.15. The molecule has 1 fully saturated rings. The Morgan fingerprint density at radius 1 is 1.46 bits per heavy atom. The van der Waals surface area contributed by atoms with Gasteiger partial charge >= 0.3 is 0 Å². The molecule has 0 radical (unpaired) electrons. The molecule has 0 spiro atoms. The van der Waals surface area contributed by atoms with Crippen LogP contribution in [0.1, 0.15) is 25.0 Å². The lowest BCUT2D eigenvalue weighted by Gasteiger charge is -2.22. The zero-order chi connectivity index (χ0) is 8.93. The van der Waals surface area contributed by atoms with E-state index in [0.29, 0.717) is 6.61 Å². The summed E-state index contributed by atoms with van der Waals surface area (Å²) >= 11 is 0. The minimum atomic E-state index is -0.0288. The first kappa shape index (κ1) is 8.78. The van der Waals surface area contributed by atoms with Gasteiger partial charge in [-0.25, -0.2) is 0 Å². The Morgan fingerprint density at radius 3 is 3.15 bits per heavy atom. The van der Waals surface area contributed by atoms with Crippen LogP contribution >= 0.6 is 0 Å². The molecule has 0 unspecified atom stereocenters. The maximum absolute atomic E-state index is 5.51. The molecule has 0 saturated carbocycles. The monoisotopic (exact) mass is 182 g/mol. The van der Waals surface area contributed by atoms with Gasteiger partial charge in [0.2, 0.25) is 0 Å². The normalized spacial score (nSPS) is 23.2. The first-order chi connectivity index (χ1) is 6.45. The topological polar surface area (TPSA) is 31.6 Å². The van der Waals surface area contributed by atoms with E-state index < -0.39 is 0 Å². The molecule has 0 N–H and O–H groups in total. The van der Waals surface area contributed by atoms with E-state index in [0.717, 1.165) is 25.2 Å². The molecule has 1 aromatic heterocycles. The van der Waals surface area contributed by atoms with E-state index >= 15 is 0 Å². The zero-order valence-electron chi connectivity index (χ0n) is 7.57. The zero-order valence-corrected chi connectivity index (χ0v) is 7.57. The molecular weight excluding hydrogens is 168 g/mol. The van der Waals surface area contributed by atoms with Gasteiger partial charge in [-0.3, -0.25) is 0 Å². The van der Waals surface area contributed by atoms with E-state index in [1.165, 1.54) is 6.42 Å². The van der Waals surface area contributed by atoms with Crippen molar-refractivity contribution in [3.05, 3.63) is 24.2 Å². The average molecular weight is 182 g/mol. The number of hydrogen-bond donors (Lipinski definition) is 0. The van der Waals surface area contributed by atoms with Crippen molar-refractivity contribution in [2.24, 2.45) is 0 Å². The van der Waals surface area contributed by atoms with Gasteiger partial charge in [0.15, 0.2) is 6.29 Å². The lowest BCUT2D eigenvalue weighted by atomic mass is 10.2. The van der Waals surface area contributed by atoms with Crippen molar-refractivity contribution in [3.63, 3.8) is 0 Å². The van der Waals surface area contributed by atoms with Crippen molar-refractivity contribution < 1.29 is 13.9 Å². The summed E-state index contributed by atoms with van der Waals surface area (Å²) in [4.78, 5) is 0. The van der Waals surface area contributed by atoms with E-state index in [1.807, 2.05) is 12.1 Å². The van der Waals surface area contributed by atoms with Crippen molar-refractivity contribution in [2.45, 2.75) is 32.2 Å². The number of rotatable bonds is 3. The fourth-order valence-electron chi connectivity index (χ4n) is 1.41. The molecule has 1 atom stereocenters. The summed E-state index contributed by atoms with van der Waals surface area (Å²) in [5.74, 6) is 0.856. The summed E-state index contributed by atoms with van der Waals surface area (Å²) < 4.78 is 16.1. The first-order valence-electron chi connectivity index (χ1n) is 4.71. The van der Waals surface area contributed by atoms with Gasteiger partial charge in [0, 0.05) is 6.61 Å². The molecule has 13 heavy (non-hydrogen) atoms. The highest BCUT2D eigenvalue weighted by Gasteiger charge is 2.14. The number of ether oxygens (including phenoxy) is 2. The van der Waals surface area contributed by atoms with Crippen molar-refractivity contribution >= 4 is 0 Å². The third-order valence-corrected chi connectivity index (χ3v) is 2.13. The summed E-state index contributed by atoms with van der Waals surface area (Å²) in [6.07, 6.45) is 4.98. The van der Waals surface area contributed by atoms with E-state index in [9.17, 15) is 0 Å². The first-order valence-corrected chi connectivity index (χ1v) is 4.71. The standard InChI is InChI=1S/C10H14O3/c1-2-6-12-10(5-1)13-8-9-4-3-7-11-9/h3-4,7,10H,1-2,5-6,8H2/t10-/m1/s1. The molecule has 0 aliphatic carbocycles. The van der Waals surface area contributed by atoms with Gasteiger partial charge in [-0.05, 0) is 31.4 Å². The predicted molar refractivity (Wildman–Crippen MR) is 47.1 cm³/mol. The molecule has 3 nitrogen and oxygen atoms in total. The highest BCUT2D eigenvalue weighted by molar-refractivity contribution is 4.96. The van der Waals surface area contributed by atoms with Crippen LogP contribution in [0.15, 0.2) is 22.8 Å². The Kier molecular flexibility index (Phi) is 3.00. The molecule has 1 aromatic rings. The Morgan fingerprint density at radius 2 is 2.46 bits per heavy atom. The second-order valence-electron chi connectivity index (χ2n) is 3.19. The van der Waals surface area contributed by atoms with Gasteiger partial charge < -0.3 is 13.9 Å². The summed E-state index contributed by atoms with van der Waals surface area (Å²) in [5, 5.41) is 0. The van der Waals surface area contributed by atoms with Crippen molar-refractivity contribution in [1.29, 1.82) is 0 Å². The van der Waals surface area contributed by atoms with Crippen LogP contribution in [-0.2, 0) is 16.1 Å².